The Labute approximate surface area is 286 Å². The summed E-state index contributed by atoms with van der Waals surface area (Å²) in [5.74, 6) is 1.49. The van der Waals surface area contributed by atoms with Gasteiger partial charge in [-0.05, 0) is 143 Å². The first kappa shape index (κ1) is 33.8. The highest BCUT2D eigenvalue weighted by Crippen LogP contribution is 2.56. The maximum atomic E-state index is 12.9. The van der Waals surface area contributed by atoms with Gasteiger partial charge in [-0.3, -0.25) is 9.88 Å². The number of benzene rings is 2. The second-order valence-corrected chi connectivity index (χ2v) is 15.6. The Morgan fingerprint density at radius 1 is 1.13 bits per heavy atom. The van der Waals surface area contributed by atoms with Crippen LogP contribution in [-0.2, 0) is 29.6 Å². The van der Waals surface area contributed by atoms with Gasteiger partial charge in [-0.25, -0.2) is 4.79 Å². The van der Waals surface area contributed by atoms with E-state index in [1.54, 1.807) is 0 Å². The number of nitrogens with one attached hydrogen (secondary N) is 1. The average molecular weight is 658 g/mol. The zero-order valence-corrected chi connectivity index (χ0v) is 29.6. The number of fused-ring (bicyclic) bond motifs is 3. The van der Waals surface area contributed by atoms with Gasteiger partial charge in [0.1, 0.15) is 11.3 Å². The van der Waals surface area contributed by atoms with Crippen molar-refractivity contribution in [1.82, 2.24) is 9.88 Å². The van der Waals surface area contributed by atoms with Crippen LogP contribution in [0.15, 0.2) is 54.7 Å². The molecular formula is C40H52ClN3O3. The minimum Gasteiger partial charge on any atom is -0.493 e. The SMILES string of the molecule is CC(C)N(C)Cc1ccc2c(c1)C1(CCC(Nc3cccc(Cl)c3)(C(=O)O)CC1)[C@@H](C[C@@H](C)COc1ccnc3c1[C@H](C)CCC3)C2. The Morgan fingerprint density at radius 2 is 1.91 bits per heavy atom. The van der Waals surface area contributed by atoms with E-state index in [2.05, 4.69) is 74.2 Å². The van der Waals surface area contributed by atoms with Crippen LogP contribution in [0.25, 0.3) is 0 Å². The van der Waals surface area contributed by atoms with Gasteiger partial charge >= 0.3 is 5.97 Å². The van der Waals surface area contributed by atoms with Crippen LogP contribution in [0.5, 0.6) is 5.75 Å². The van der Waals surface area contributed by atoms with Crippen LogP contribution in [0.1, 0.15) is 107 Å². The first-order valence-corrected chi connectivity index (χ1v) is 18.1. The van der Waals surface area contributed by atoms with Gasteiger partial charge in [0, 0.05) is 40.8 Å². The number of hydrogen-bond acceptors (Lipinski definition) is 5. The number of halogens is 1. The van der Waals surface area contributed by atoms with Crippen molar-refractivity contribution in [3.05, 3.63) is 87.7 Å². The molecule has 1 saturated carbocycles. The molecule has 3 aliphatic rings. The largest absolute Gasteiger partial charge is 0.493 e. The summed E-state index contributed by atoms with van der Waals surface area (Å²) in [4.78, 5) is 20.0. The van der Waals surface area contributed by atoms with E-state index in [0.717, 1.165) is 50.1 Å². The third-order valence-corrected chi connectivity index (χ3v) is 11.9. The molecule has 2 aromatic carbocycles. The van der Waals surface area contributed by atoms with Gasteiger partial charge in [-0.2, -0.15) is 0 Å². The van der Waals surface area contributed by atoms with E-state index in [-0.39, 0.29) is 5.41 Å². The second kappa shape index (κ2) is 13.8. The molecule has 6 rings (SSSR count). The number of ether oxygens (including phenoxy) is 1. The number of aliphatic carboxylic acids is 1. The van der Waals surface area contributed by atoms with Gasteiger partial charge < -0.3 is 15.2 Å². The lowest BCUT2D eigenvalue weighted by molar-refractivity contribution is -0.144. The molecule has 6 nitrogen and oxygen atoms in total. The van der Waals surface area contributed by atoms with Crippen LogP contribution in [0.4, 0.5) is 5.69 Å². The van der Waals surface area contributed by atoms with E-state index >= 15 is 0 Å². The molecule has 0 radical (unpaired) electrons. The molecule has 47 heavy (non-hydrogen) atoms. The lowest BCUT2D eigenvalue weighted by Gasteiger charge is -2.47. The van der Waals surface area contributed by atoms with Crippen molar-refractivity contribution in [1.29, 1.82) is 0 Å². The molecular weight excluding hydrogens is 606 g/mol. The summed E-state index contributed by atoms with van der Waals surface area (Å²) in [6.45, 7) is 10.7. The number of aromatic nitrogens is 1. The fourth-order valence-corrected chi connectivity index (χ4v) is 8.90. The molecule has 3 aromatic rings. The zero-order valence-electron chi connectivity index (χ0n) is 28.8. The van der Waals surface area contributed by atoms with Crippen molar-refractivity contribution in [3.8, 4) is 5.75 Å². The molecule has 2 N–H and O–H groups in total. The quantitative estimate of drug-likeness (QED) is 0.214. The van der Waals surface area contributed by atoms with Gasteiger partial charge in [-0.15, -0.1) is 0 Å². The second-order valence-electron chi connectivity index (χ2n) is 15.2. The summed E-state index contributed by atoms with van der Waals surface area (Å²) in [5.41, 5.74) is 6.40. The Kier molecular flexibility index (Phi) is 9.92. The molecule has 0 amide bonds. The van der Waals surface area contributed by atoms with Crippen LogP contribution < -0.4 is 10.1 Å². The predicted molar refractivity (Wildman–Crippen MR) is 191 cm³/mol. The highest BCUT2D eigenvalue weighted by molar-refractivity contribution is 6.30. The number of carboxylic acid groups (broad SMARTS) is 1. The monoisotopic (exact) mass is 657 g/mol. The summed E-state index contributed by atoms with van der Waals surface area (Å²) >= 11 is 6.28. The van der Waals surface area contributed by atoms with E-state index in [0.29, 0.717) is 48.3 Å². The van der Waals surface area contributed by atoms with E-state index in [4.69, 9.17) is 16.3 Å². The molecule has 252 valence electrons. The molecule has 0 bridgehead atoms. The lowest BCUT2D eigenvalue weighted by Crippen LogP contribution is -2.53. The molecule has 0 unspecified atom stereocenters. The molecule has 0 aliphatic heterocycles. The van der Waals surface area contributed by atoms with E-state index in [9.17, 15) is 9.90 Å². The number of rotatable bonds is 11. The number of carbonyl (C=O) groups is 1. The Bertz CT molecular complexity index is 1580. The van der Waals surface area contributed by atoms with Crippen molar-refractivity contribution in [2.24, 2.45) is 11.8 Å². The Hall–Kier alpha value is -3.09. The predicted octanol–water partition coefficient (Wildman–Crippen LogP) is 9.04. The van der Waals surface area contributed by atoms with E-state index in [1.807, 2.05) is 30.5 Å². The van der Waals surface area contributed by atoms with Crippen molar-refractivity contribution in [3.63, 3.8) is 0 Å². The normalized spacial score (nSPS) is 25.9. The van der Waals surface area contributed by atoms with Gasteiger partial charge in [-0.1, -0.05) is 49.7 Å². The minimum atomic E-state index is -1.02. The summed E-state index contributed by atoms with van der Waals surface area (Å²) in [6.07, 6.45) is 10.2. The molecule has 1 fully saturated rings. The van der Waals surface area contributed by atoms with Crippen molar-refractivity contribution < 1.29 is 14.6 Å². The van der Waals surface area contributed by atoms with Crippen LogP contribution in [0.2, 0.25) is 5.02 Å². The number of pyridine rings is 1. The van der Waals surface area contributed by atoms with Crippen LogP contribution >= 0.6 is 11.6 Å². The highest BCUT2D eigenvalue weighted by atomic mass is 35.5. The molecule has 1 spiro atoms. The summed E-state index contributed by atoms with van der Waals surface area (Å²) in [7, 11) is 2.18. The standard InChI is InChI=1S/C40H52ClN3O3/c1-26(2)44(5)24-29-12-13-30-22-31(20-27(3)25-47-36-14-19-42-35-11-6-8-28(4)37(35)36)39(34(30)21-29)15-17-40(18-16-39,38(45)46)43-33-10-7-9-32(41)23-33/h7,9-10,12-14,19,21,23,26-28,31,43H,6,8,11,15-18,20,22,24-25H2,1-5H3,(H,45,46)/t27-,28-,31+,39?,40?/m1/s1. The first-order valence-electron chi connectivity index (χ1n) is 17.7. The zero-order chi connectivity index (χ0) is 33.3. The number of aryl methyl sites for hydroxylation is 1. The van der Waals surface area contributed by atoms with Gasteiger partial charge in [0.25, 0.3) is 0 Å². The number of hydrogen-bond donors (Lipinski definition) is 2. The average Bonchev–Trinajstić information content (AvgIpc) is 3.32. The summed E-state index contributed by atoms with van der Waals surface area (Å²) in [5, 5.41) is 14.6. The topological polar surface area (TPSA) is 74.7 Å². The summed E-state index contributed by atoms with van der Waals surface area (Å²) < 4.78 is 6.58. The third kappa shape index (κ3) is 6.91. The molecule has 1 heterocycles. The Morgan fingerprint density at radius 3 is 2.64 bits per heavy atom. The maximum Gasteiger partial charge on any atom is 0.329 e. The molecule has 3 aliphatic carbocycles. The van der Waals surface area contributed by atoms with E-state index in [1.165, 1.54) is 40.8 Å². The van der Waals surface area contributed by atoms with Gasteiger partial charge in [0.2, 0.25) is 0 Å². The number of nitrogens with zero attached hydrogens (tertiary/aromatic N) is 2. The fourth-order valence-electron chi connectivity index (χ4n) is 8.71. The lowest BCUT2D eigenvalue weighted by atomic mass is 9.59. The van der Waals surface area contributed by atoms with Gasteiger partial charge in [0.15, 0.2) is 0 Å². The first-order chi connectivity index (χ1) is 22.5. The third-order valence-electron chi connectivity index (χ3n) is 11.7. The molecule has 1 aromatic heterocycles. The summed E-state index contributed by atoms with van der Waals surface area (Å²) in [6, 6.07) is 17.1. The molecule has 0 saturated heterocycles. The van der Waals surface area contributed by atoms with Crippen LogP contribution in [0.3, 0.4) is 0 Å². The molecule has 3 atom stereocenters. The molecule has 7 heteroatoms. The van der Waals surface area contributed by atoms with Gasteiger partial charge in [0.05, 0.1) is 6.61 Å². The van der Waals surface area contributed by atoms with Crippen molar-refractivity contribution >= 4 is 23.3 Å². The smallest absolute Gasteiger partial charge is 0.329 e. The maximum absolute atomic E-state index is 12.9. The van der Waals surface area contributed by atoms with Crippen molar-refractivity contribution in [2.45, 2.75) is 115 Å². The number of anilines is 1. The van der Waals surface area contributed by atoms with Crippen LogP contribution in [0, 0.1) is 11.8 Å². The minimum absolute atomic E-state index is 0.0602. The van der Waals surface area contributed by atoms with E-state index < -0.39 is 11.5 Å². The highest BCUT2D eigenvalue weighted by Gasteiger charge is 2.54. The number of carboxylic acids is 1. The Balaban J connectivity index is 1.25. The fraction of sp³-hybridized carbons (Fsp3) is 0.550. The van der Waals surface area contributed by atoms with Crippen LogP contribution in [-0.4, -0.2) is 46.2 Å². The van der Waals surface area contributed by atoms with Crippen molar-refractivity contribution in [2.75, 3.05) is 19.0 Å².